The summed E-state index contributed by atoms with van der Waals surface area (Å²) in [5.41, 5.74) is 7.19. The molecule has 0 spiro atoms. The van der Waals surface area contributed by atoms with Crippen LogP contribution in [0.4, 0.5) is 11.4 Å². The molecule has 122 valence electrons. The fourth-order valence-corrected chi connectivity index (χ4v) is 3.19. The third kappa shape index (κ3) is 2.45. The lowest BCUT2D eigenvalue weighted by molar-refractivity contribution is -0.117. The van der Waals surface area contributed by atoms with Crippen LogP contribution in [0.1, 0.15) is 5.56 Å². The Balaban J connectivity index is 1.67. The minimum atomic E-state index is -0.187. The van der Waals surface area contributed by atoms with Gasteiger partial charge in [0.25, 0.3) is 5.91 Å². The highest BCUT2D eigenvalue weighted by Crippen LogP contribution is 2.34. The number of nitrogens with zero attached hydrogens (tertiary/aromatic N) is 2. The van der Waals surface area contributed by atoms with E-state index in [0.29, 0.717) is 29.4 Å². The van der Waals surface area contributed by atoms with E-state index < -0.39 is 0 Å². The number of methoxy groups -OCH3 is 1. The number of benzene rings is 1. The van der Waals surface area contributed by atoms with Crippen molar-refractivity contribution >= 4 is 28.9 Å². The van der Waals surface area contributed by atoms with E-state index in [1.807, 2.05) is 18.2 Å². The molecule has 1 aromatic carbocycles. The molecular weight excluding hydrogens is 328 g/mol. The highest BCUT2D eigenvalue weighted by molar-refractivity contribution is 6.31. The molecule has 0 unspecified atom stereocenters. The number of fused-ring (bicyclic) bond motifs is 1. The van der Waals surface area contributed by atoms with Crippen LogP contribution < -0.4 is 20.5 Å². The lowest BCUT2D eigenvalue weighted by atomic mass is 9.96. The number of hydrogen-bond donors (Lipinski definition) is 2. The van der Waals surface area contributed by atoms with Gasteiger partial charge in [0.2, 0.25) is 0 Å². The number of carbonyl (C=O) groups excluding carboxylic acids is 1. The molecule has 0 aliphatic carbocycles. The minimum absolute atomic E-state index is 0.187. The minimum Gasteiger partial charge on any atom is -0.494 e. The molecule has 0 fully saturated rings. The monoisotopic (exact) mass is 342 g/mol. The number of ether oxygens (including phenoxy) is 1. The molecule has 3 heterocycles. The molecule has 7 heteroatoms. The Hall–Kier alpha value is -2.73. The van der Waals surface area contributed by atoms with Crippen LogP contribution in [-0.4, -0.2) is 24.5 Å². The van der Waals surface area contributed by atoms with Gasteiger partial charge in [0, 0.05) is 23.0 Å². The number of halogens is 1. The molecule has 1 aromatic heterocycles. The molecule has 24 heavy (non-hydrogen) atoms. The molecule has 4 rings (SSSR count). The number of carbonyl (C=O) groups is 1. The quantitative estimate of drug-likeness (QED) is 0.878. The Morgan fingerprint density at radius 3 is 3.04 bits per heavy atom. The van der Waals surface area contributed by atoms with Crippen LogP contribution in [-0.2, 0) is 11.2 Å². The second-order valence-electron chi connectivity index (χ2n) is 5.66. The van der Waals surface area contributed by atoms with E-state index in [2.05, 4.69) is 15.7 Å². The molecule has 2 aromatic rings. The van der Waals surface area contributed by atoms with Crippen molar-refractivity contribution in [2.75, 3.05) is 24.0 Å². The number of amides is 1. The summed E-state index contributed by atoms with van der Waals surface area (Å²) in [7, 11) is 1.59. The molecule has 0 saturated heterocycles. The van der Waals surface area contributed by atoms with Crippen molar-refractivity contribution < 1.29 is 9.53 Å². The third-order valence-corrected chi connectivity index (χ3v) is 4.41. The predicted molar refractivity (Wildman–Crippen MR) is 92.1 cm³/mol. The van der Waals surface area contributed by atoms with E-state index in [0.717, 1.165) is 22.5 Å². The molecule has 6 nitrogen and oxygen atoms in total. The Kier molecular flexibility index (Phi) is 3.54. The summed E-state index contributed by atoms with van der Waals surface area (Å²) in [6.45, 7) is 0.554. The first-order chi connectivity index (χ1) is 11.7. The number of aromatic nitrogens is 1. The Morgan fingerprint density at radius 2 is 2.21 bits per heavy atom. The first kappa shape index (κ1) is 14.8. The molecule has 1 amide bonds. The van der Waals surface area contributed by atoms with Gasteiger partial charge in [-0.3, -0.25) is 20.2 Å². The number of hydrogen-bond acceptors (Lipinski definition) is 5. The van der Waals surface area contributed by atoms with Crippen LogP contribution >= 0.6 is 11.6 Å². The first-order valence-electron chi connectivity index (χ1n) is 7.49. The van der Waals surface area contributed by atoms with Crippen molar-refractivity contribution in [2.24, 2.45) is 0 Å². The highest BCUT2D eigenvalue weighted by Gasteiger charge is 2.30. The van der Waals surface area contributed by atoms with Gasteiger partial charge in [-0.15, -0.1) is 0 Å². The van der Waals surface area contributed by atoms with Crippen molar-refractivity contribution in [3.05, 3.63) is 58.5 Å². The number of rotatable bonds is 2. The van der Waals surface area contributed by atoms with Crippen LogP contribution in [0.5, 0.6) is 5.75 Å². The second-order valence-corrected chi connectivity index (χ2v) is 6.09. The fourth-order valence-electron chi connectivity index (χ4n) is 3.02. The maximum atomic E-state index is 12.5. The molecule has 2 aliphatic heterocycles. The van der Waals surface area contributed by atoms with Gasteiger partial charge >= 0.3 is 0 Å². The van der Waals surface area contributed by atoms with Gasteiger partial charge in [-0.25, -0.2) is 0 Å². The Bertz CT molecular complexity index is 865. The maximum Gasteiger partial charge on any atom is 0.286 e. The summed E-state index contributed by atoms with van der Waals surface area (Å²) in [6, 6.07) is 7.45. The smallest absolute Gasteiger partial charge is 0.286 e. The van der Waals surface area contributed by atoms with Crippen molar-refractivity contribution in [1.29, 1.82) is 0 Å². The molecule has 0 saturated carbocycles. The van der Waals surface area contributed by atoms with Crippen LogP contribution in [0.25, 0.3) is 0 Å². The number of nitrogens with one attached hydrogen (secondary N) is 2. The lowest BCUT2D eigenvalue weighted by Crippen LogP contribution is -2.51. The standard InChI is InChI=1S/C17H15ClN4O2/c1-24-15-4-5-19-8-14(15)22-9-11-6-10-2-3-12(18)7-13(10)20-16(11)17(23)21-22/h2-5,7-8,20H,6,9H2,1H3,(H,21,23). The third-order valence-electron chi connectivity index (χ3n) is 4.17. The van der Waals surface area contributed by atoms with Gasteiger partial charge in [-0.1, -0.05) is 17.7 Å². The number of hydrazine groups is 1. The summed E-state index contributed by atoms with van der Waals surface area (Å²) in [5.74, 6) is 0.470. The van der Waals surface area contributed by atoms with Gasteiger partial charge in [-0.2, -0.15) is 0 Å². The van der Waals surface area contributed by atoms with Gasteiger partial charge in [-0.05, 0) is 29.7 Å². The summed E-state index contributed by atoms with van der Waals surface area (Å²) in [4.78, 5) is 16.7. The molecule has 2 N–H and O–H groups in total. The normalized spacial score (nSPS) is 16.1. The zero-order valence-corrected chi connectivity index (χ0v) is 13.7. The Labute approximate surface area is 144 Å². The van der Waals surface area contributed by atoms with Gasteiger partial charge < -0.3 is 10.1 Å². The van der Waals surface area contributed by atoms with Crippen LogP contribution in [0, 0.1) is 0 Å². The molecule has 0 atom stereocenters. The maximum absolute atomic E-state index is 12.5. The SMILES string of the molecule is COc1ccncc1N1CC2=C(Nc3cc(Cl)ccc3C2)C(=O)N1. The van der Waals surface area contributed by atoms with Crippen LogP contribution in [0.15, 0.2) is 47.9 Å². The topological polar surface area (TPSA) is 66.5 Å². The molecule has 2 aliphatic rings. The van der Waals surface area contributed by atoms with E-state index in [-0.39, 0.29) is 5.91 Å². The van der Waals surface area contributed by atoms with Gasteiger partial charge in [0.1, 0.15) is 17.1 Å². The second kappa shape index (κ2) is 5.72. The van der Waals surface area contributed by atoms with Crippen molar-refractivity contribution in [1.82, 2.24) is 10.4 Å². The molecular formula is C17H15ClN4O2. The fraction of sp³-hybridized carbons (Fsp3) is 0.176. The largest absolute Gasteiger partial charge is 0.494 e. The first-order valence-corrected chi connectivity index (χ1v) is 7.87. The van der Waals surface area contributed by atoms with E-state index >= 15 is 0 Å². The van der Waals surface area contributed by atoms with Crippen LogP contribution in [0.2, 0.25) is 5.02 Å². The van der Waals surface area contributed by atoms with E-state index in [9.17, 15) is 4.79 Å². The Morgan fingerprint density at radius 1 is 1.33 bits per heavy atom. The average Bonchev–Trinajstić information content (AvgIpc) is 2.60. The van der Waals surface area contributed by atoms with Crippen molar-refractivity contribution in [3.8, 4) is 5.75 Å². The van der Waals surface area contributed by atoms with Gasteiger partial charge in [0.15, 0.2) is 0 Å². The summed E-state index contributed by atoms with van der Waals surface area (Å²) in [5, 5.41) is 5.60. The van der Waals surface area contributed by atoms with E-state index in [1.54, 1.807) is 30.6 Å². The van der Waals surface area contributed by atoms with Gasteiger partial charge in [0.05, 0.1) is 19.9 Å². The average molecular weight is 343 g/mol. The summed E-state index contributed by atoms with van der Waals surface area (Å²) < 4.78 is 5.36. The number of anilines is 2. The highest BCUT2D eigenvalue weighted by atomic mass is 35.5. The van der Waals surface area contributed by atoms with Crippen molar-refractivity contribution in [3.63, 3.8) is 0 Å². The molecule has 0 bridgehead atoms. The van der Waals surface area contributed by atoms with Crippen molar-refractivity contribution in [2.45, 2.75) is 6.42 Å². The lowest BCUT2D eigenvalue weighted by Gasteiger charge is -2.35. The number of pyridine rings is 1. The summed E-state index contributed by atoms with van der Waals surface area (Å²) >= 11 is 6.04. The predicted octanol–water partition coefficient (Wildman–Crippen LogP) is 2.52. The van der Waals surface area contributed by atoms with E-state index in [1.165, 1.54) is 0 Å². The zero-order chi connectivity index (χ0) is 16.7. The van der Waals surface area contributed by atoms with E-state index in [4.69, 9.17) is 16.3 Å². The summed E-state index contributed by atoms with van der Waals surface area (Å²) in [6.07, 6.45) is 4.02. The zero-order valence-electron chi connectivity index (χ0n) is 13.0. The molecule has 0 radical (unpaired) electrons. The van der Waals surface area contributed by atoms with Crippen LogP contribution in [0.3, 0.4) is 0 Å².